The van der Waals surface area contributed by atoms with Crippen LogP contribution >= 0.6 is 0 Å². The Morgan fingerprint density at radius 3 is 2.77 bits per heavy atom. The molecular formula is C12H22O. The zero-order valence-corrected chi connectivity index (χ0v) is 9.23. The van der Waals surface area contributed by atoms with Gasteiger partial charge in [-0.05, 0) is 24.7 Å². The highest BCUT2D eigenvalue weighted by atomic mass is 16.1. The fraction of sp³-hybridized carbons (Fsp3) is 0.917. The number of rotatable bonds is 3. The Kier molecular flexibility index (Phi) is 3.52. The molecule has 1 atom stereocenters. The van der Waals surface area contributed by atoms with Crippen molar-refractivity contribution in [3.63, 3.8) is 0 Å². The molecule has 13 heavy (non-hydrogen) atoms. The minimum absolute atomic E-state index is 0.378. The van der Waals surface area contributed by atoms with Crippen LogP contribution in [0, 0.1) is 11.3 Å². The van der Waals surface area contributed by atoms with Gasteiger partial charge in [-0.25, -0.2) is 0 Å². The van der Waals surface area contributed by atoms with Crippen molar-refractivity contribution in [2.45, 2.75) is 59.3 Å². The van der Waals surface area contributed by atoms with Gasteiger partial charge in [0.25, 0.3) is 0 Å². The number of hydrogen-bond donors (Lipinski definition) is 0. The van der Waals surface area contributed by atoms with E-state index in [9.17, 15) is 4.79 Å². The Morgan fingerprint density at radius 2 is 2.15 bits per heavy atom. The SMILES string of the molecule is CCCCC1CC(C)(C)CCC1=O. The van der Waals surface area contributed by atoms with Gasteiger partial charge in [0.1, 0.15) is 5.78 Å². The van der Waals surface area contributed by atoms with Crippen LogP contribution in [-0.4, -0.2) is 5.78 Å². The Bertz CT molecular complexity index is 182. The van der Waals surface area contributed by atoms with Crippen molar-refractivity contribution in [3.8, 4) is 0 Å². The molecule has 1 aliphatic carbocycles. The summed E-state index contributed by atoms with van der Waals surface area (Å²) in [7, 11) is 0. The molecule has 0 aromatic heterocycles. The Labute approximate surface area is 81.9 Å². The summed E-state index contributed by atoms with van der Waals surface area (Å²) in [5, 5.41) is 0. The average molecular weight is 182 g/mol. The van der Waals surface area contributed by atoms with Gasteiger partial charge in [0, 0.05) is 12.3 Å². The van der Waals surface area contributed by atoms with E-state index in [1.807, 2.05) is 0 Å². The van der Waals surface area contributed by atoms with Gasteiger partial charge in [-0.15, -0.1) is 0 Å². The molecule has 1 saturated carbocycles. The molecule has 1 fully saturated rings. The first-order chi connectivity index (χ1) is 6.05. The monoisotopic (exact) mass is 182 g/mol. The van der Waals surface area contributed by atoms with Gasteiger partial charge >= 0.3 is 0 Å². The summed E-state index contributed by atoms with van der Waals surface area (Å²) < 4.78 is 0. The third-order valence-corrected chi connectivity index (χ3v) is 3.21. The summed E-state index contributed by atoms with van der Waals surface area (Å²) in [5.74, 6) is 0.900. The van der Waals surface area contributed by atoms with Gasteiger partial charge in [-0.2, -0.15) is 0 Å². The van der Waals surface area contributed by atoms with Crippen molar-refractivity contribution < 1.29 is 4.79 Å². The maximum absolute atomic E-state index is 11.6. The maximum atomic E-state index is 11.6. The molecule has 0 N–H and O–H groups in total. The van der Waals surface area contributed by atoms with Gasteiger partial charge in [-0.1, -0.05) is 33.6 Å². The minimum Gasteiger partial charge on any atom is -0.299 e. The number of Topliss-reactive ketones (excluding diaryl/α,β-unsaturated/α-hetero) is 1. The molecule has 0 aliphatic heterocycles. The number of ketones is 1. The lowest BCUT2D eigenvalue weighted by Crippen LogP contribution is -2.29. The molecule has 0 heterocycles. The van der Waals surface area contributed by atoms with Crippen LogP contribution in [0.3, 0.4) is 0 Å². The number of unbranched alkanes of at least 4 members (excludes halogenated alkanes) is 1. The van der Waals surface area contributed by atoms with E-state index in [2.05, 4.69) is 20.8 Å². The third kappa shape index (κ3) is 3.13. The van der Waals surface area contributed by atoms with Gasteiger partial charge in [0.2, 0.25) is 0 Å². The summed E-state index contributed by atoms with van der Waals surface area (Å²) in [5.41, 5.74) is 0.409. The van der Waals surface area contributed by atoms with Crippen molar-refractivity contribution in [1.29, 1.82) is 0 Å². The van der Waals surface area contributed by atoms with Crippen molar-refractivity contribution in [2.24, 2.45) is 11.3 Å². The first-order valence-electron chi connectivity index (χ1n) is 5.58. The van der Waals surface area contributed by atoms with Crippen LogP contribution in [0.5, 0.6) is 0 Å². The van der Waals surface area contributed by atoms with E-state index in [0.717, 1.165) is 25.7 Å². The molecule has 1 heteroatoms. The van der Waals surface area contributed by atoms with E-state index >= 15 is 0 Å². The highest BCUT2D eigenvalue weighted by Crippen LogP contribution is 2.38. The van der Waals surface area contributed by atoms with Crippen molar-refractivity contribution in [3.05, 3.63) is 0 Å². The molecule has 0 bridgehead atoms. The zero-order chi connectivity index (χ0) is 9.90. The minimum atomic E-state index is 0.378. The molecular weight excluding hydrogens is 160 g/mol. The first kappa shape index (κ1) is 10.7. The van der Waals surface area contributed by atoms with E-state index in [0.29, 0.717) is 17.1 Å². The predicted molar refractivity (Wildman–Crippen MR) is 55.7 cm³/mol. The lowest BCUT2D eigenvalue weighted by Gasteiger charge is -2.34. The smallest absolute Gasteiger partial charge is 0.136 e. The zero-order valence-electron chi connectivity index (χ0n) is 9.23. The summed E-state index contributed by atoms with van der Waals surface area (Å²) >= 11 is 0. The Balaban J connectivity index is 2.45. The standard InChI is InChI=1S/C12H22O/c1-4-5-6-10-9-12(2,3)8-7-11(10)13/h10H,4-9H2,1-3H3. The summed E-state index contributed by atoms with van der Waals surface area (Å²) in [6.07, 6.45) is 6.58. The van der Waals surface area contributed by atoms with Gasteiger partial charge < -0.3 is 0 Å². The van der Waals surface area contributed by atoms with E-state index in [1.54, 1.807) is 0 Å². The molecule has 0 aromatic rings. The molecule has 0 saturated heterocycles. The van der Waals surface area contributed by atoms with Crippen LogP contribution in [0.2, 0.25) is 0 Å². The van der Waals surface area contributed by atoms with Gasteiger partial charge in [0.05, 0.1) is 0 Å². The highest BCUT2D eigenvalue weighted by Gasteiger charge is 2.32. The average Bonchev–Trinajstić information content (AvgIpc) is 2.07. The van der Waals surface area contributed by atoms with Crippen LogP contribution in [0.15, 0.2) is 0 Å². The van der Waals surface area contributed by atoms with Crippen LogP contribution < -0.4 is 0 Å². The molecule has 0 aromatic carbocycles. The molecule has 0 spiro atoms. The van der Waals surface area contributed by atoms with Gasteiger partial charge in [0.15, 0.2) is 0 Å². The van der Waals surface area contributed by atoms with Crippen LogP contribution in [-0.2, 0) is 4.79 Å². The fourth-order valence-electron chi connectivity index (χ4n) is 2.26. The van der Waals surface area contributed by atoms with Crippen molar-refractivity contribution >= 4 is 5.78 Å². The molecule has 76 valence electrons. The second-order valence-corrected chi connectivity index (χ2v) is 5.17. The normalized spacial score (nSPS) is 27.6. The van der Waals surface area contributed by atoms with Crippen LogP contribution in [0.1, 0.15) is 59.3 Å². The van der Waals surface area contributed by atoms with Crippen LogP contribution in [0.4, 0.5) is 0 Å². The van der Waals surface area contributed by atoms with Crippen molar-refractivity contribution in [2.75, 3.05) is 0 Å². The third-order valence-electron chi connectivity index (χ3n) is 3.21. The lowest BCUT2D eigenvalue weighted by atomic mass is 9.70. The summed E-state index contributed by atoms with van der Waals surface area (Å²) in [6.45, 7) is 6.77. The molecule has 1 unspecified atom stereocenters. The first-order valence-corrected chi connectivity index (χ1v) is 5.58. The van der Waals surface area contributed by atoms with Gasteiger partial charge in [-0.3, -0.25) is 4.79 Å². The lowest BCUT2D eigenvalue weighted by molar-refractivity contribution is -0.127. The highest BCUT2D eigenvalue weighted by molar-refractivity contribution is 5.81. The molecule has 1 aliphatic rings. The number of carbonyl (C=O) groups is 1. The fourth-order valence-corrected chi connectivity index (χ4v) is 2.26. The quantitative estimate of drug-likeness (QED) is 0.652. The Morgan fingerprint density at radius 1 is 1.46 bits per heavy atom. The van der Waals surface area contributed by atoms with E-state index in [-0.39, 0.29) is 0 Å². The topological polar surface area (TPSA) is 17.1 Å². The molecule has 0 amide bonds. The van der Waals surface area contributed by atoms with E-state index in [1.165, 1.54) is 12.8 Å². The van der Waals surface area contributed by atoms with Crippen molar-refractivity contribution in [1.82, 2.24) is 0 Å². The maximum Gasteiger partial charge on any atom is 0.136 e. The van der Waals surface area contributed by atoms with Crippen LogP contribution in [0.25, 0.3) is 0 Å². The molecule has 1 nitrogen and oxygen atoms in total. The van der Waals surface area contributed by atoms with E-state index in [4.69, 9.17) is 0 Å². The molecule has 1 rings (SSSR count). The summed E-state index contributed by atoms with van der Waals surface area (Å²) in [6, 6.07) is 0. The number of carbonyl (C=O) groups excluding carboxylic acids is 1. The Hall–Kier alpha value is -0.330. The molecule has 0 radical (unpaired) electrons. The second-order valence-electron chi connectivity index (χ2n) is 5.17. The summed E-state index contributed by atoms with van der Waals surface area (Å²) in [4.78, 5) is 11.6. The number of hydrogen-bond acceptors (Lipinski definition) is 1. The predicted octanol–water partition coefficient (Wildman–Crippen LogP) is 3.57. The van der Waals surface area contributed by atoms with E-state index < -0.39 is 0 Å². The second kappa shape index (κ2) is 4.26. The largest absolute Gasteiger partial charge is 0.299 e.